The van der Waals surface area contributed by atoms with Crippen molar-refractivity contribution >= 4 is 23.2 Å². The molecule has 7 heteroatoms. The van der Waals surface area contributed by atoms with Crippen molar-refractivity contribution in [1.29, 1.82) is 0 Å². The number of amides is 2. The molecule has 23 heavy (non-hydrogen) atoms. The highest BCUT2D eigenvalue weighted by atomic mass is 32.1. The summed E-state index contributed by atoms with van der Waals surface area (Å²) in [6.07, 6.45) is 0.561. The number of aromatic nitrogens is 1. The summed E-state index contributed by atoms with van der Waals surface area (Å²) in [6.45, 7) is 2.61. The van der Waals surface area contributed by atoms with Gasteiger partial charge in [-0.3, -0.25) is 14.4 Å². The van der Waals surface area contributed by atoms with Gasteiger partial charge in [0.2, 0.25) is 5.91 Å². The minimum Gasteiger partial charge on any atom is -0.354 e. The van der Waals surface area contributed by atoms with E-state index in [0.717, 1.165) is 22.6 Å². The Hall–Kier alpha value is -2.41. The summed E-state index contributed by atoms with van der Waals surface area (Å²) in [4.78, 5) is 39.8. The molecule has 1 atom stereocenters. The lowest BCUT2D eigenvalue weighted by Crippen LogP contribution is -2.45. The van der Waals surface area contributed by atoms with Crippen LogP contribution in [-0.4, -0.2) is 34.3 Å². The lowest BCUT2D eigenvalue weighted by Gasteiger charge is -2.23. The predicted octanol–water partition coefficient (Wildman–Crippen LogP) is 1.14. The van der Waals surface area contributed by atoms with Crippen molar-refractivity contribution in [3.05, 3.63) is 56.1 Å². The van der Waals surface area contributed by atoms with E-state index < -0.39 is 6.04 Å². The molecule has 1 aliphatic heterocycles. The van der Waals surface area contributed by atoms with Gasteiger partial charge in [-0.2, -0.15) is 0 Å². The zero-order chi connectivity index (χ0) is 16.4. The van der Waals surface area contributed by atoms with Crippen LogP contribution in [-0.2, 0) is 17.8 Å². The van der Waals surface area contributed by atoms with Gasteiger partial charge in [0.05, 0.1) is 0 Å². The number of carbonyl (C=O) groups is 2. The Labute approximate surface area is 137 Å². The number of hydrogen-bond acceptors (Lipinski definition) is 4. The van der Waals surface area contributed by atoms with Crippen LogP contribution in [0.15, 0.2) is 34.4 Å². The first-order valence-corrected chi connectivity index (χ1v) is 8.27. The summed E-state index contributed by atoms with van der Waals surface area (Å²) in [5, 5.41) is 4.56. The van der Waals surface area contributed by atoms with E-state index in [1.807, 2.05) is 18.2 Å². The number of rotatable bonds is 5. The molecule has 0 aliphatic carbocycles. The first kappa shape index (κ1) is 15.5. The SMILES string of the molecule is C[C@H](C(=O)NCCc1csc(=O)[nH]1)N1Cc2ccccc2C1=O. The van der Waals surface area contributed by atoms with Crippen molar-refractivity contribution < 1.29 is 9.59 Å². The third kappa shape index (κ3) is 3.19. The van der Waals surface area contributed by atoms with Crippen molar-refractivity contribution in [1.82, 2.24) is 15.2 Å². The Morgan fingerprint density at radius 1 is 1.39 bits per heavy atom. The molecule has 0 radical (unpaired) electrons. The molecule has 0 bridgehead atoms. The van der Waals surface area contributed by atoms with E-state index in [1.165, 1.54) is 0 Å². The monoisotopic (exact) mass is 331 g/mol. The number of benzene rings is 1. The predicted molar refractivity (Wildman–Crippen MR) is 87.4 cm³/mol. The van der Waals surface area contributed by atoms with Crippen molar-refractivity contribution in [3.8, 4) is 0 Å². The smallest absolute Gasteiger partial charge is 0.304 e. The fraction of sp³-hybridized carbons (Fsp3) is 0.312. The molecular formula is C16H17N3O3S. The second-order valence-corrected chi connectivity index (χ2v) is 6.32. The van der Waals surface area contributed by atoms with Crippen LogP contribution in [0.25, 0.3) is 0 Å². The minimum absolute atomic E-state index is 0.0971. The Morgan fingerprint density at radius 3 is 2.87 bits per heavy atom. The van der Waals surface area contributed by atoms with Crippen molar-refractivity contribution in [3.63, 3.8) is 0 Å². The standard InChI is InChI=1S/C16H17N3O3S/c1-10(14(20)17-7-6-12-9-23-16(22)18-12)19-8-11-4-2-3-5-13(11)15(19)21/h2-5,9-10H,6-8H2,1H3,(H,17,20)(H,18,22)/t10-/m1/s1. The van der Waals surface area contributed by atoms with Crippen LogP contribution in [0.5, 0.6) is 0 Å². The van der Waals surface area contributed by atoms with Crippen LogP contribution >= 0.6 is 11.3 Å². The highest BCUT2D eigenvalue weighted by molar-refractivity contribution is 7.07. The number of aromatic amines is 1. The van der Waals surface area contributed by atoms with Crippen LogP contribution in [0.4, 0.5) is 0 Å². The molecule has 0 saturated carbocycles. The first-order chi connectivity index (χ1) is 11.1. The van der Waals surface area contributed by atoms with Gasteiger partial charge in [-0.05, 0) is 18.6 Å². The van der Waals surface area contributed by atoms with Gasteiger partial charge in [-0.1, -0.05) is 29.5 Å². The molecule has 2 aromatic rings. The fourth-order valence-electron chi connectivity index (χ4n) is 2.64. The summed E-state index contributed by atoms with van der Waals surface area (Å²) < 4.78 is 0. The van der Waals surface area contributed by atoms with Crippen molar-refractivity contribution in [2.75, 3.05) is 6.54 Å². The molecule has 6 nitrogen and oxygen atoms in total. The van der Waals surface area contributed by atoms with Crippen LogP contribution in [0.1, 0.15) is 28.5 Å². The summed E-state index contributed by atoms with van der Waals surface area (Å²) in [5.74, 6) is -0.297. The highest BCUT2D eigenvalue weighted by Gasteiger charge is 2.33. The topological polar surface area (TPSA) is 82.3 Å². The lowest BCUT2D eigenvalue weighted by atomic mass is 10.1. The Morgan fingerprint density at radius 2 is 2.17 bits per heavy atom. The summed E-state index contributed by atoms with van der Waals surface area (Å²) in [6, 6.07) is 6.88. The third-order valence-corrected chi connectivity index (χ3v) is 4.68. The van der Waals surface area contributed by atoms with Gasteiger partial charge in [-0.25, -0.2) is 0 Å². The molecule has 0 fully saturated rings. The van der Waals surface area contributed by atoms with E-state index in [1.54, 1.807) is 23.3 Å². The second-order valence-electron chi connectivity index (χ2n) is 5.48. The molecule has 2 amide bonds. The van der Waals surface area contributed by atoms with Crippen LogP contribution < -0.4 is 10.2 Å². The molecule has 2 heterocycles. The lowest BCUT2D eigenvalue weighted by molar-refractivity contribution is -0.125. The maximum atomic E-state index is 12.3. The van der Waals surface area contributed by atoms with Gasteiger partial charge in [0.25, 0.3) is 5.91 Å². The maximum absolute atomic E-state index is 12.3. The van der Waals surface area contributed by atoms with Gasteiger partial charge >= 0.3 is 4.87 Å². The Bertz CT molecular complexity index is 796. The van der Waals surface area contributed by atoms with Gasteiger partial charge in [0.1, 0.15) is 6.04 Å². The number of carbonyl (C=O) groups excluding carboxylic acids is 2. The summed E-state index contributed by atoms with van der Waals surface area (Å²) in [5.41, 5.74) is 2.42. The number of hydrogen-bond donors (Lipinski definition) is 2. The zero-order valence-corrected chi connectivity index (χ0v) is 13.5. The molecule has 1 aliphatic rings. The van der Waals surface area contributed by atoms with Crippen molar-refractivity contribution in [2.45, 2.75) is 25.9 Å². The van der Waals surface area contributed by atoms with Gasteiger partial charge in [0.15, 0.2) is 0 Å². The number of fused-ring (bicyclic) bond motifs is 1. The third-order valence-electron chi connectivity index (χ3n) is 3.96. The van der Waals surface area contributed by atoms with E-state index >= 15 is 0 Å². The van der Waals surface area contributed by atoms with Gasteiger partial charge in [0, 0.05) is 36.1 Å². The van der Waals surface area contributed by atoms with Gasteiger partial charge in [-0.15, -0.1) is 0 Å². The quantitative estimate of drug-likeness (QED) is 0.862. The molecule has 1 aromatic heterocycles. The molecule has 0 spiro atoms. The average Bonchev–Trinajstić information content (AvgIpc) is 3.11. The summed E-state index contributed by atoms with van der Waals surface area (Å²) in [7, 11) is 0. The second kappa shape index (κ2) is 6.37. The van der Waals surface area contributed by atoms with E-state index in [0.29, 0.717) is 25.1 Å². The zero-order valence-electron chi connectivity index (χ0n) is 12.7. The van der Waals surface area contributed by atoms with Crippen LogP contribution in [0.2, 0.25) is 0 Å². The van der Waals surface area contributed by atoms with Crippen LogP contribution in [0.3, 0.4) is 0 Å². The normalized spacial score (nSPS) is 14.7. The molecule has 2 N–H and O–H groups in total. The average molecular weight is 331 g/mol. The highest BCUT2D eigenvalue weighted by Crippen LogP contribution is 2.24. The molecule has 0 unspecified atom stereocenters. The Kier molecular flexibility index (Phi) is 4.29. The number of H-pyrrole nitrogens is 1. The molecule has 1 aromatic carbocycles. The first-order valence-electron chi connectivity index (χ1n) is 7.39. The minimum atomic E-state index is -0.531. The molecule has 3 rings (SSSR count). The molecule has 0 saturated heterocycles. The van der Waals surface area contributed by atoms with E-state index in [9.17, 15) is 14.4 Å². The maximum Gasteiger partial charge on any atom is 0.304 e. The molecular weight excluding hydrogens is 314 g/mol. The van der Waals surface area contributed by atoms with Gasteiger partial charge < -0.3 is 15.2 Å². The van der Waals surface area contributed by atoms with E-state index in [-0.39, 0.29) is 16.7 Å². The Balaban J connectivity index is 1.56. The number of thiazole rings is 1. The van der Waals surface area contributed by atoms with E-state index in [2.05, 4.69) is 10.3 Å². The molecule has 120 valence electrons. The largest absolute Gasteiger partial charge is 0.354 e. The van der Waals surface area contributed by atoms with Crippen molar-refractivity contribution in [2.24, 2.45) is 0 Å². The van der Waals surface area contributed by atoms with Crippen LogP contribution in [0, 0.1) is 0 Å². The number of nitrogens with zero attached hydrogens (tertiary/aromatic N) is 1. The van der Waals surface area contributed by atoms with E-state index in [4.69, 9.17) is 0 Å². The number of nitrogens with one attached hydrogen (secondary N) is 2. The fourth-order valence-corrected chi connectivity index (χ4v) is 3.25. The summed E-state index contributed by atoms with van der Waals surface area (Å²) >= 11 is 1.11.